The van der Waals surface area contributed by atoms with Crippen molar-refractivity contribution in [3.63, 3.8) is 0 Å². The molecule has 1 aromatic carbocycles. The van der Waals surface area contributed by atoms with Gasteiger partial charge in [-0.25, -0.2) is 13.1 Å². The molecular formula is C19H24N2O5S. The number of carbonyl (C=O) groups is 2. The third-order valence-electron chi connectivity index (χ3n) is 4.39. The zero-order valence-corrected chi connectivity index (χ0v) is 16.7. The lowest BCUT2D eigenvalue weighted by Gasteiger charge is -2.07. The summed E-state index contributed by atoms with van der Waals surface area (Å²) in [5.41, 5.74) is 3.21. The number of aryl methyl sites for hydroxylation is 2. The van der Waals surface area contributed by atoms with E-state index in [0.29, 0.717) is 5.56 Å². The Labute approximate surface area is 159 Å². The molecule has 1 heterocycles. The van der Waals surface area contributed by atoms with Crippen molar-refractivity contribution in [2.45, 2.75) is 32.1 Å². The van der Waals surface area contributed by atoms with Crippen LogP contribution in [0.15, 0.2) is 35.2 Å². The lowest BCUT2D eigenvalue weighted by atomic mass is 10.1. The number of esters is 1. The summed E-state index contributed by atoms with van der Waals surface area (Å²) in [4.78, 5) is 24.1. The average Bonchev–Trinajstić information content (AvgIpc) is 2.87. The number of benzene rings is 1. The third kappa shape index (κ3) is 5.27. The van der Waals surface area contributed by atoms with E-state index in [-0.39, 0.29) is 30.3 Å². The van der Waals surface area contributed by atoms with Crippen LogP contribution in [-0.4, -0.2) is 37.9 Å². The highest BCUT2D eigenvalue weighted by Gasteiger charge is 2.17. The summed E-state index contributed by atoms with van der Waals surface area (Å²) >= 11 is 0. The Kier molecular flexibility index (Phi) is 6.56. The van der Waals surface area contributed by atoms with Gasteiger partial charge in [-0.1, -0.05) is 17.7 Å². The molecule has 0 amide bonds. The van der Waals surface area contributed by atoms with Crippen molar-refractivity contribution < 1.29 is 22.7 Å². The number of nitrogens with zero attached hydrogens (tertiary/aromatic N) is 1. The van der Waals surface area contributed by atoms with Gasteiger partial charge in [0.1, 0.15) is 0 Å². The van der Waals surface area contributed by atoms with Gasteiger partial charge in [-0.2, -0.15) is 0 Å². The molecule has 146 valence electrons. The second-order valence-corrected chi connectivity index (χ2v) is 8.16. The molecule has 7 nitrogen and oxygen atoms in total. The van der Waals surface area contributed by atoms with Crippen LogP contribution >= 0.6 is 0 Å². The van der Waals surface area contributed by atoms with E-state index < -0.39 is 16.0 Å². The number of ketones is 1. The SMILES string of the molecule is Cc1ccc(S(=O)(=O)NCCC(=O)OCC(=O)c2cc(C)n(C)c2C)cc1. The molecule has 0 fully saturated rings. The van der Waals surface area contributed by atoms with Gasteiger partial charge in [-0.05, 0) is 39.0 Å². The Bertz CT molecular complexity index is 943. The van der Waals surface area contributed by atoms with Gasteiger partial charge in [0.05, 0.1) is 11.3 Å². The van der Waals surface area contributed by atoms with Crippen LogP contribution in [0.4, 0.5) is 0 Å². The fourth-order valence-corrected chi connectivity index (χ4v) is 3.55. The zero-order valence-electron chi connectivity index (χ0n) is 15.9. The van der Waals surface area contributed by atoms with Crippen LogP contribution in [-0.2, 0) is 26.6 Å². The molecule has 27 heavy (non-hydrogen) atoms. The molecule has 2 aromatic rings. The molecule has 0 atom stereocenters. The molecule has 2 rings (SSSR count). The van der Waals surface area contributed by atoms with Gasteiger partial charge in [0.2, 0.25) is 15.8 Å². The first kappa shape index (κ1) is 20.9. The second kappa shape index (κ2) is 8.49. The van der Waals surface area contributed by atoms with Crippen LogP contribution in [0.2, 0.25) is 0 Å². The van der Waals surface area contributed by atoms with Crippen molar-refractivity contribution in [2.24, 2.45) is 7.05 Å². The molecule has 8 heteroatoms. The van der Waals surface area contributed by atoms with E-state index in [0.717, 1.165) is 17.0 Å². The lowest BCUT2D eigenvalue weighted by Crippen LogP contribution is -2.27. The van der Waals surface area contributed by atoms with Gasteiger partial charge in [0.15, 0.2) is 6.61 Å². The highest BCUT2D eigenvalue weighted by atomic mass is 32.2. The van der Waals surface area contributed by atoms with E-state index in [1.165, 1.54) is 12.1 Å². The number of sulfonamides is 1. The van der Waals surface area contributed by atoms with Crippen LogP contribution in [0.5, 0.6) is 0 Å². The van der Waals surface area contributed by atoms with Crippen LogP contribution in [0.1, 0.15) is 33.7 Å². The van der Waals surface area contributed by atoms with Crippen LogP contribution < -0.4 is 4.72 Å². The number of Topliss-reactive ketones (excluding diaryl/α,β-unsaturated/α-hetero) is 1. The van der Waals surface area contributed by atoms with Crippen molar-refractivity contribution in [3.05, 3.63) is 52.8 Å². The van der Waals surface area contributed by atoms with Gasteiger partial charge in [0.25, 0.3) is 0 Å². The number of ether oxygens (including phenoxy) is 1. The Morgan fingerprint density at radius 3 is 2.30 bits per heavy atom. The van der Waals surface area contributed by atoms with Crippen LogP contribution in [0.3, 0.4) is 0 Å². The molecule has 0 bridgehead atoms. The van der Waals surface area contributed by atoms with Crippen LogP contribution in [0.25, 0.3) is 0 Å². The molecule has 0 aliphatic carbocycles. The summed E-state index contributed by atoms with van der Waals surface area (Å²) in [6.45, 7) is 5.10. The summed E-state index contributed by atoms with van der Waals surface area (Å²) in [6.07, 6.45) is -0.162. The van der Waals surface area contributed by atoms with Gasteiger partial charge in [-0.15, -0.1) is 0 Å². The summed E-state index contributed by atoms with van der Waals surface area (Å²) in [5.74, 6) is -0.926. The first-order valence-electron chi connectivity index (χ1n) is 8.50. The fraction of sp³-hybridized carbons (Fsp3) is 0.368. The summed E-state index contributed by atoms with van der Waals surface area (Å²) < 4.78 is 33.5. The molecular weight excluding hydrogens is 368 g/mol. The Hall–Kier alpha value is -2.45. The predicted molar refractivity (Wildman–Crippen MR) is 101 cm³/mol. The highest BCUT2D eigenvalue weighted by molar-refractivity contribution is 7.89. The summed E-state index contributed by atoms with van der Waals surface area (Å²) in [5, 5.41) is 0. The van der Waals surface area contributed by atoms with E-state index in [1.54, 1.807) is 18.2 Å². The molecule has 0 aliphatic heterocycles. The van der Waals surface area contributed by atoms with Crippen molar-refractivity contribution in [1.82, 2.24) is 9.29 Å². The Morgan fingerprint density at radius 2 is 1.74 bits per heavy atom. The fourth-order valence-electron chi connectivity index (χ4n) is 2.52. The number of hydrogen-bond acceptors (Lipinski definition) is 5. The summed E-state index contributed by atoms with van der Waals surface area (Å²) in [6, 6.07) is 8.14. The summed E-state index contributed by atoms with van der Waals surface area (Å²) in [7, 11) is -1.83. The molecule has 0 aliphatic rings. The monoisotopic (exact) mass is 392 g/mol. The maximum absolute atomic E-state index is 12.2. The lowest BCUT2D eigenvalue weighted by molar-refractivity contribution is -0.142. The van der Waals surface area contributed by atoms with E-state index in [9.17, 15) is 18.0 Å². The molecule has 0 saturated heterocycles. The van der Waals surface area contributed by atoms with E-state index >= 15 is 0 Å². The minimum atomic E-state index is -3.68. The Morgan fingerprint density at radius 1 is 1.11 bits per heavy atom. The molecule has 0 saturated carbocycles. The second-order valence-electron chi connectivity index (χ2n) is 6.39. The van der Waals surface area contributed by atoms with Gasteiger partial charge in [-0.3, -0.25) is 9.59 Å². The van der Waals surface area contributed by atoms with Crippen molar-refractivity contribution in [3.8, 4) is 0 Å². The van der Waals surface area contributed by atoms with Gasteiger partial charge >= 0.3 is 5.97 Å². The molecule has 0 unspecified atom stereocenters. The average molecular weight is 392 g/mol. The van der Waals surface area contributed by atoms with Crippen molar-refractivity contribution >= 4 is 21.8 Å². The zero-order chi connectivity index (χ0) is 20.2. The molecule has 0 spiro atoms. The minimum Gasteiger partial charge on any atom is -0.457 e. The van der Waals surface area contributed by atoms with Crippen molar-refractivity contribution in [2.75, 3.05) is 13.2 Å². The topological polar surface area (TPSA) is 94.5 Å². The number of nitrogens with one attached hydrogen (secondary N) is 1. The number of carbonyl (C=O) groups excluding carboxylic acids is 2. The quantitative estimate of drug-likeness (QED) is 0.548. The molecule has 1 N–H and O–H groups in total. The number of hydrogen-bond donors (Lipinski definition) is 1. The van der Waals surface area contributed by atoms with Gasteiger partial charge in [0, 0.05) is 30.5 Å². The maximum Gasteiger partial charge on any atom is 0.307 e. The van der Waals surface area contributed by atoms with Crippen molar-refractivity contribution in [1.29, 1.82) is 0 Å². The first-order chi connectivity index (χ1) is 12.6. The third-order valence-corrected chi connectivity index (χ3v) is 5.87. The maximum atomic E-state index is 12.2. The molecule has 1 aromatic heterocycles. The smallest absolute Gasteiger partial charge is 0.307 e. The first-order valence-corrected chi connectivity index (χ1v) is 9.98. The normalized spacial score (nSPS) is 11.4. The molecule has 0 radical (unpaired) electrons. The Balaban J connectivity index is 1.81. The predicted octanol–water partition coefficient (Wildman–Crippen LogP) is 2.04. The van der Waals surface area contributed by atoms with E-state index in [1.807, 2.05) is 32.4 Å². The van der Waals surface area contributed by atoms with E-state index in [4.69, 9.17) is 4.74 Å². The standard InChI is InChI=1S/C19H24N2O5S/c1-13-5-7-16(8-6-13)27(24,25)20-10-9-19(23)26-12-18(22)17-11-14(2)21(4)15(17)3/h5-8,11,20H,9-10,12H2,1-4H3. The number of rotatable bonds is 8. The van der Waals surface area contributed by atoms with E-state index in [2.05, 4.69) is 4.72 Å². The largest absolute Gasteiger partial charge is 0.457 e. The van der Waals surface area contributed by atoms with Gasteiger partial charge < -0.3 is 9.30 Å². The highest BCUT2D eigenvalue weighted by Crippen LogP contribution is 2.14. The van der Waals surface area contributed by atoms with Crippen LogP contribution in [0, 0.1) is 20.8 Å². The minimum absolute atomic E-state index is 0.104. The number of aromatic nitrogens is 1.